The van der Waals surface area contributed by atoms with Gasteiger partial charge in [0.05, 0.1) is 11.1 Å². The number of benzene rings is 2. The summed E-state index contributed by atoms with van der Waals surface area (Å²) in [5.41, 5.74) is 1.70. The average Bonchev–Trinajstić information content (AvgIpc) is 2.41. The second-order valence-electron chi connectivity index (χ2n) is 4.84. The van der Waals surface area contributed by atoms with Crippen LogP contribution in [0.25, 0.3) is 22.0 Å². The number of nitrogens with one attached hydrogen (secondary N) is 1. The Morgan fingerprint density at radius 3 is 2.62 bits per heavy atom. The Balaban J connectivity index is 2.39. The molecule has 3 nitrogen and oxygen atoms in total. The van der Waals surface area contributed by atoms with Gasteiger partial charge in [-0.05, 0) is 42.3 Å². The number of pyridine rings is 1. The standard InChI is InChI=1S/C16H11Cl2NO2/c1-8-5-11-13(7-12(8)18)19-16(21)14(15(11)20)9-3-2-4-10(17)6-9/h2-7H,1H3,(H2,19,20,21). The summed E-state index contributed by atoms with van der Waals surface area (Å²) in [4.78, 5) is 15.0. The van der Waals surface area contributed by atoms with Crippen molar-refractivity contribution >= 4 is 34.1 Å². The molecule has 3 aromatic rings. The molecule has 0 spiro atoms. The first-order valence-electron chi connectivity index (χ1n) is 6.28. The molecular formula is C16H11Cl2NO2. The van der Waals surface area contributed by atoms with Gasteiger partial charge in [-0.15, -0.1) is 0 Å². The SMILES string of the molecule is Cc1cc2c(O)c(-c3cccc(Cl)c3)c(=O)[nH]c2cc1Cl. The lowest BCUT2D eigenvalue weighted by atomic mass is 10.0. The lowest BCUT2D eigenvalue weighted by Gasteiger charge is -2.09. The molecule has 1 heterocycles. The molecule has 0 radical (unpaired) electrons. The largest absolute Gasteiger partial charge is 0.506 e. The lowest BCUT2D eigenvalue weighted by Crippen LogP contribution is -2.09. The number of aromatic amines is 1. The minimum absolute atomic E-state index is 0.0733. The highest BCUT2D eigenvalue weighted by Gasteiger charge is 2.15. The summed E-state index contributed by atoms with van der Waals surface area (Å²) in [5.74, 6) is -0.0733. The van der Waals surface area contributed by atoms with E-state index in [1.54, 1.807) is 36.4 Å². The highest BCUT2D eigenvalue weighted by molar-refractivity contribution is 6.32. The molecule has 21 heavy (non-hydrogen) atoms. The Hall–Kier alpha value is -1.97. The number of fused-ring (bicyclic) bond motifs is 1. The normalized spacial score (nSPS) is 11.0. The number of rotatable bonds is 1. The summed E-state index contributed by atoms with van der Waals surface area (Å²) in [7, 11) is 0. The van der Waals surface area contributed by atoms with E-state index in [4.69, 9.17) is 23.2 Å². The smallest absolute Gasteiger partial charge is 0.260 e. The molecule has 0 atom stereocenters. The topological polar surface area (TPSA) is 53.1 Å². The molecule has 2 N–H and O–H groups in total. The minimum Gasteiger partial charge on any atom is -0.506 e. The summed E-state index contributed by atoms with van der Waals surface area (Å²) in [6.45, 7) is 1.84. The molecule has 0 aliphatic heterocycles. The predicted molar refractivity (Wildman–Crippen MR) is 86.4 cm³/mol. The fraction of sp³-hybridized carbons (Fsp3) is 0.0625. The molecule has 5 heteroatoms. The van der Waals surface area contributed by atoms with E-state index in [1.807, 2.05) is 6.92 Å². The number of hydrogen-bond donors (Lipinski definition) is 2. The van der Waals surface area contributed by atoms with Gasteiger partial charge in [-0.3, -0.25) is 4.79 Å². The molecule has 0 saturated carbocycles. The second-order valence-corrected chi connectivity index (χ2v) is 5.68. The first-order chi connectivity index (χ1) is 9.97. The van der Waals surface area contributed by atoms with Crippen LogP contribution in [0.2, 0.25) is 10.0 Å². The lowest BCUT2D eigenvalue weighted by molar-refractivity contribution is 0.482. The molecule has 0 bridgehead atoms. The summed E-state index contributed by atoms with van der Waals surface area (Å²) < 4.78 is 0. The fourth-order valence-corrected chi connectivity index (χ4v) is 2.67. The predicted octanol–water partition coefficient (Wildman–Crippen LogP) is 4.52. The van der Waals surface area contributed by atoms with Crippen molar-refractivity contribution in [2.75, 3.05) is 0 Å². The molecule has 1 aromatic heterocycles. The van der Waals surface area contributed by atoms with Crippen molar-refractivity contribution in [1.82, 2.24) is 4.98 Å². The highest BCUT2D eigenvalue weighted by Crippen LogP contribution is 2.34. The van der Waals surface area contributed by atoms with E-state index >= 15 is 0 Å². The molecule has 0 amide bonds. The van der Waals surface area contributed by atoms with Crippen molar-refractivity contribution in [3.63, 3.8) is 0 Å². The third kappa shape index (κ3) is 2.39. The van der Waals surface area contributed by atoms with Gasteiger partial charge in [0.1, 0.15) is 5.75 Å². The third-order valence-corrected chi connectivity index (χ3v) is 4.02. The van der Waals surface area contributed by atoms with E-state index in [-0.39, 0.29) is 16.9 Å². The monoisotopic (exact) mass is 319 g/mol. The Kier molecular flexibility index (Phi) is 3.40. The van der Waals surface area contributed by atoms with Crippen LogP contribution in [0.15, 0.2) is 41.2 Å². The molecular weight excluding hydrogens is 309 g/mol. The van der Waals surface area contributed by atoms with Crippen molar-refractivity contribution in [2.45, 2.75) is 6.92 Å². The number of aromatic hydroxyl groups is 1. The summed E-state index contributed by atoms with van der Waals surface area (Å²) in [6, 6.07) is 10.2. The van der Waals surface area contributed by atoms with Gasteiger partial charge < -0.3 is 10.1 Å². The molecule has 0 saturated heterocycles. The molecule has 0 aliphatic carbocycles. The van der Waals surface area contributed by atoms with E-state index in [0.29, 0.717) is 26.5 Å². The van der Waals surface area contributed by atoms with Gasteiger partial charge in [0.2, 0.25) is 0 Å². The van der Waals surface area contributed by atoms with Crippen LogP contribution in [0.4, 0.5) is 0 Å². The van der Waals surface area contributed by atoms with Gasteiger partial charge in [0, 0.05) is 15.4 Å². The number of halogens is 2. The van der Waals surface area contributed by atoms with Gasteiger partial charge >= 0.3 is 0 Å². The summed E-state index contributed by atoms with van der Waals surface area (Å²) >= 11 is 12.0. The maximum atomic E-state index is 12.3. The van der Waals surface area contributed by atoms with Gasteiger partial charge in [0.25, 0.3) is 5.56 Å². The fourth-order valence-electron chi connectivity index (χ4n) is 2.32. The molecule has 0 unspecified atom stereocenters. The van der Waals surface area contributed by atoms with Crippen molar-refractivity contribution in [3.8, 4) is 16.9 Å². The molecule has 0 fully saturated rings. The van der Waals surface area contributed by atoms with Gasteiger partial charge in [-0.25, -0.2) is 0 Å². The van der Waals surface area contributed by atoms with Crippen LogP contribution in [-0.2, 0) is 0 Å². The van der Waals surface area contributed by atoms with Crippen LogP contribution < -0.4 is 5.56 Å². The van der Waals surface area contributed by atoms with Crippen molar-refractivity contribution in [2.24, 2.45) is 0 Å². The van der Waals surface area contributed by atoms with Gasteiger partial charge in [-0.1, -0.05) is 35.3 Å². The Labute approximate surface area is 130 Å². The van der Waals surface area contributed by atoms with E-state index in [9.17, 15) is 9.90 Å². The first-order valence-corrected chi connectivity index (χ1v) is 7.04. The van der Waals surface area contributed by atoms with E-state index in [1.165, 1.54) is 0 Å². The van der Waals surface area contributed by atoms with Gasteiger partial charge in [0.15, 0.2) is 0 Å². The first kappa shape index (κ1) is 14.0. The minimum atomic E-state index is -0.387. The van der Waals surface area contributed by atoms with Crippen molar-refractivity contribution in [3.05, 3.63) is 62.4 Å². The molecule has 106 valence electrons. The van der Waals surface area contributed by atoms with Crippen LogP contribution in [0.1, 0.15) is 5.56 Å². The second kappa shape index (κ2) is 5.10. The van der Waals surface area contributed by atoms with Crippen molar-refractivity contribution < 1.29 is 5.11 Å². The van der Waals surface area contributed by atoms with Crippen LogP contribution in [0, 0.1) is 6.92 Å². The highest BCUT2D eigenvalue weighted by atomic mass is 35.5. The zero-order chi connectivity index (χ0) is 15.1. The van der Waals surface area contributed by atoms with E-state index < -0.39 is 0 Å². The zero-order valence-electron chi connectivity index (χ0n) is 11.1. The maximum absolute atomic E-state index is 12.3. The average molecular weight is 320 g/mol. The maximum Gasteiger partial charge on any atom is 0.260 e. The van der Waals surface area contributed by atoms with Crippen LogP contribution >= 0.6 is 23.2 Å². The summed E-state index contributed by atoms with van der Waals surface area (Å²) in [5, 5.41) is 12.1. The Morgan fingerprint density at radius 1 is 1.14 bits per heavy atom. The Morgan fingerprint density at radius 2 is 1.90 bits per heavy atom. The van der Waals surface area contributed by atoms with Crippen LogP contribution in [0.5, 0.6) is 5.75 Å². The number of aryl methyl sites for hydroxylation is 1. The number of hydrogen-bond acceptors (Lipinski definition) is 2. The molecule has 3 rings (SSSR count). The van der Waals surface area contributed by atoms with Crippen LogP contribution in [-0.4, -0.2) is 10.1 Å². The number of H-pyrrole nitrogens is 1. The summed E-state index contributed by atoms with van der Waals surface area (Å²) in [6.07, 6.45) is 0. The molecule has 2 aromatic carbocycles. The quantitative estimate of drug-likeness (QED) is 0.693. The molecule has 0 aliphatic rings. The third-order valence-electron chi connectivity index (χ3n) is 3.38. The van der Waals surface area contributed by atoms with Crippen molar-refractivity contribution in [1.29, 1.82) is 0 Å². The van der Waals surface area contributed by atoms with Gasteiger partial charge in [-0.2, -0.15) is 0 Å². The number of aromatic nitrogens is 1. The zero-order valence-corrected chi connectivity index (χ0v) is 12.6. The van der Waals surface area contributed by atoms with Crippen LogP contribution in [0.3, 0.4) is 0 Å². The van der Waals surface area contributed by atoms with E-state index in [2.05, 4.69) is 4.98 Å². The Bertz CT molecular complexity index is 916. The van der Waals surface area contributed by atoms with E-state index in [0.717, 1.165) is 5.56 Å².